The van der Waals surface area contributed by atoms with Gasteiger partial charge in [0, 0.05) is 12.1 Å². The van der Waals surface area contributed by atoms with Gasteiger partial charge in [-0.05, 0) is 36.8 Å². The summed E-state index contributed by atoms with van der Waals surface area (Å²) in [6.45, 7) is 1.78. The molecule has 0 saturated heterocycles. The number of hydrogen-bond acceptors (Lipinski definition) is 6. The molecule has 0 atom stereocenters. The lowest BCUT2D eigenvalue weighted by atomic mass is 10.1. The van der Waals surface area contributed by atoms with Gasteiger partial charge >= 0.3 is 5.97 Å². The molecule has 0 aliphatic heterocycles. The highest BCUT2D eigenvalue weighted by Crippen LogP contribution is 2.26. The van der Waals surface area contributed by atoms with E-state index in [1.54, 1.807) is 24.3 Å². The Labute approximate surface area is 161 Å². The largest absolute Gasteiger partial charge is 0.464 e. The van der Waals surface area contributed by atoms with Gasteiger partial charge in [0.2, 0.25) is 11.6 Å². The van der Waals surface area contributed by atoms with Crippen LogP contribution in [0.5, 0.6) is 0 Å². The number of benzene rings is 2. The number of halogens is 1. The third-order valence-electron chi connectivity index (χ3n) is 3.90. The molecule has 1 heterocycles. The number of oxazole rings is 1. The first-order valence-corrected chi connectivity index (χ1v) is 9.69. The topological polar surface area (TPSA) is 98.5 Å². The van der Waals surface area contributed by atoms with Crippen LogP contribution in [0.4, 0.5) is 4.39 Å². The molecule has 2 aromatic carbocycles. The fourth-order valence-corrected chi connectivity index (χ4v) is 3.44. The van der Waals surface area contributed by atoms with Gasteiger partial charge in [-0.3, -0.25) is 0 Å². The highest BCUT2D eigenvalue weighted by Gasteiger charge is 2.31. The average molecular weight is 404 g/mol. The number of nitrogens with one attached hydrogen (secondary N) is 1. The molecule has 0 unspecified atom stereocenters. The molecule has 3 rings (SSSR count). The Morgan fingerprint density at radius 3 is 2.39 bits per heavy atom. The van der Waals surface area contributed by atoms with Crippen LogP contribution in [0.25, 0.3) is 11.5 Å². The second-order valence-corrected chi connectivity index (χ2v) is 7.63. The van der Waals surface area contributed by atoms with Gasteiger partial charge in [0.1, 0.15) is 5.82 Å². The zero-order valence-corrected chi connectivity index (χ0v) is 15.9. The summed E-state index contributed by atoms with van der Waals surface area (Å²) in [5.74, 6) is -1.40. The molecule has 7 nitrogen and oxygen atoms in total. The number of aromatic nitrogens is 1. The highest BCUT2D eigenvalue weighted by atomic mass is 32.2. The second kappa shape index (κ2) is 7.91. The Morgan fingerprint density at radius 1 is 1.14 bits per heavy atom. The minimum Gasteiger partial charge on any atom is -0.464 e. The summed E-state index contributed by atoms with van der Waals surface area (Å²) in [5.41, 5.74) is 1.58. The Morgan fingerprint density at radius 2 is 1.79 bits per heavy atom. The van der Waals surface area contributed by atoms with Crippen molar-refractivity contribution < 1.29 is 26.8 Å². The van der Waals surface area contributed by atoms with Gasteiger partial charge in [0.15, 0.2) is 0 Å². The molecule has 0 aliphatic carbocycles. The van der Waals surface area contributed by atoms with Gasteiger partial charge in [-0.15, -0.1) is 0 Å². The lowest BCUT2D eigenvalue weighted by Crippen LogP contribution is -2.24. The minimum atomic E-state index is -4.22. The third kappa shape index (κ3) is 4.26. The molecule has 1 N–H and O–H groups in total. The van der Waals surface area contributed by atoms with Gasteiger partial charge in [-0.1, -0.05) is 29.8 Å². The van der Waals surface area contributed by atoms with E-state index in [9.17, 15) is 17.6 Å². The van der Waals surface area contributed by atoms with Gasteiger partial charge in [-0.2, -0.15) is 0 Å². The number of ether oxygens (including phenoxy) is 1. The van der Waals surface area contributed by atoms with Crippen LogP contribution >= 0.6 is 0 Å². The van der Waals surface area contributed by atoms with E-state index in [4.69, 9.17) is 4.42 Å². The Kier molecular flexibility index (Phi) is 5.57. The maximum atomic E-state index is 13.0. The number of aryl methyl sites for hydroxylation is 1. The van der Waals surface area contributed by atoms with Crippen LogP contribution in [0.2, 0.25) is 0 Å². The molecule has 0 aliphatic rings. The quantitative estimate of drug-likeness (QED) is 0.634. The summed E-state index contributed by atoms with van der Waals surface area (Å²) in [6.07, 6.45) is 0. The van der Waals surface area contributed by atoms with E-state index >= 15 is 0 Å². The van der Waals surface area contributed by atoms with E-state index in [0.29, 0.717) is 11.1 Å². The molecule has 146 valence electrons. The number of sulfonamides is 1. The lowest BCUT2D eigenvalue weighted by Gasteiger charge is -2.05. The number of rotatable bonds is 6. The van der Waals surface area contributed by atoms with Gasteiger partial charge in [0.25, 0.3) is 15.1 Å². The van der Waals surface area contributed by atoms with Crippen molar-refractivity contribution in [2.75, 3.05) is 7.11 Å². The number of esters is 1. The van der Waals surface area contributed by atoms with E-state index in [-0.39, 0.29) is 12.4 Å². The normalized spacial score (nSPS) is 11.4. The van der Waals surface area contributed by atoms with Crippen molar-refractivity contribution >= 4 is 16.0 Å². The summed E-state index contributed by atoms with van der Waals surface area (Å²) in [7, 11) is -3.11. The van der Waals surface area contributed by atoms with Crippen LogP contribution in [0.15, 0.2) is 58.0 Å². The number of carbonyl (C=O) groups excluding carboxylic acids is 1. The van der Waals surface area contributed by atoms with Crippen molar-refractivity contribution in [3.05, 3.63) is 71.2 Å². The summed E-state index contributed by atoms with van der Waals surface area (Å²) >= 11 is 0. The van der Waals surface area contributed by atoms with Crippen LogP contribution in [0.1, 0.15) is 21.6 Å². The smallest absolute Gasteiger partial charge is 0.361 e. The first kappa shape index (κ1) is 19.7. The average Bonchev–Trinajstić information content (AvgIpc) is 3.14. The summed E-state index contributed by atoms with van der Waals surface area (Å²) < 4.78 is 50.7. The van der Waals surface area contributed by atoms with E-state index in [1.165, 1.54) is 24.3 Å². The Hall–Kier alpha value is -3.04. The second-order valence-electron chi connectivity index (χ2n) is 5.96. The summed E-state index contributed by atoms with van der Waals surface area (Å²) in [4.78, 5) is 16.0. The molecule has 0 bridgehead atoms. The van der Waals surface area contributed by atoms with Crippen LogP contribution in [-0.4, -0.2) is 26.5 Å². The number of nitrogens with zero attached hydrogens (tertiary/aromatic N) is 1. The Balaban J connectivity index is 1.94. The molecular formula is C19H17FN2O5S. The van der Waals surface area contributed by atoms with Crippen LogP contribution in [-0.2, 0) is 21.3 Å². The van der Waals surface area contributed by atoms with Gasteiger partial charge < -0.3 is 9.15 Å². The molecule has 1 aromatic heterocycles. The first-order valence-electron chi connectivity index (χ1n) is 8.20. The van der Waals surface area contributed by atoms with Crippen molar-refractivity contribution in [3.8, 4) is 11.5 Å². The molecular weight excluding hydrogens is 387 g/mol. The molecule has 0 saturated carbocycles. The monoisotopic (exact) mass is 404 g/mol. The van der Waals surface area contributed by atoms with Crippen molar-refractivity contribution in [1.29, 1.82) is 0 Å². The highest BCUT2D eigenvalue weighted by molar-refractivity contribution is 7.89. The van der Waals surface area contributed by atoms with Crippen molar-refractivity contribution in [3.63, 3.8) is 0 Å². The number of hydrogen-bond donors (Lipinski definition) is 1. The van der Waals surface area contributed by atoms with Gasteiger partial charge in [-0.25, -0.2) is 27.3 Å². The van der Waals surface area contributed by atoms with Crippen LogP contribution in [0.3, 0.4) is 0 Å². The minimum absolute atomic E-state index is 0.0254. The molecule has 9 heteroatoms. The fraction of sp³-hybridized carbons (Fsp3) is 0.158. The van der Waals surface area contributed by atoms with E-state index in [0.717, 1.165) is 12.7 Å². The fourth-order valence-electron chi connectivity index (χ4n) is 2.38. The Bertz CT molecular complexity index is 1090. The van der Waals surface area contributed by atoms with Crippen molar-refractivity contribution in [2.24, 2.45) is 0 Å². The molecule has 0 amide bonds. The molecule has 0 spiro atoms. The molecule has 0 radical (unpaired) electrons. The SMILES string of the molecule is COC(=O)c1nc(-c2ccc(C)cc2)oc1S(=O)(=O)NCc1ccc(F)cc1. The van der Waals surface area contributed by atoms with E-state index < -0.39 is 32.6 Å². The number of carbonyl (C=O) groups is 1. The first-order chi connectivity index (χ1) is 13.3. The maximum absolute atomic E-state index is 13.0. The lowest BCUT2D eigenvalue weighted by molar-refractivity contribution is 0.0587. The molecule has 0 fully saturated rings. The predicted molar refractivity (Wildman–Crippen MR) is 98.4 cm³/mol. The number of methoxy groups -OCH3 is 1. The molecule has 3 aromatic rings. The van der Waals surface area contributed by atoms with E-state index in [1.807, 2.05) is 6.92 Å². The predicted octanol–water partition coefficient (Wildman–Crippen LogP) is 3.05. The van der Waals surface area contributed by atoms with Crippen LogP contribution in [0, 0.1) is 12.7 Å². The van der Waals surface area contributed by atoms with Crippen molar-refractivity contribution in [1.82, 2.24) is 9.71 Å². The van der Waals surface area contributed by atoms with E-state index in [2.05, 4.69) is 14.4 Å². The summed E-state index contributed by atoms with van der Waals surface area (Å²) in [6, 6.07) is 12.3. The molecule has 28 heavy (non-hydrogen) atoms. The maximum Gasteiger partial charge on any atom is 0.361 e. The van der Waals surface area contributed by atoms with Crippen LogP contribution < -0.4 is 4.72 Å². The standard InChI is InChI=1S/C19H17FN2O5S/c1-12-3-7-14(8-4-12)17-22-16(18(23)26-2)19(27-17)28(24,25)21-11-13-5-9-15(20)10-6-13/h3-10,21H,11H2,1-2H3. The van der Waals surface area contributed by atoms with Gasteiger partial charge in [0.05, 0.1) is 7.11 Å². The summed E-state index contributed by atoms with van der Waals surface area (Å²) in [5, 5.41) is -0.642. The van der Waals surface area contributed by atoms with Crippen molar-refractivity contribution in [2.45, 2.75) is 18.6 Å². The zero-order chi connectivity index (χ0) is 20.3. The third-order valence-corrected chi connectivity index (χ3v) is 5.19. The zero-order valence-electron chi connectivity index (χ0n) is 15.1.